The lowest BCUT2D eigenvalue weighted by Crippen LogP contribution is -2.10. The minimum absolute atomic E-state index is 0.0265. The second kappa shape index (κ2) is 7.17. The fraction of sp³-hybridized carbons (Fsp3) is 0.0870. The van der Waals surface area contributed by atoms with Crippen LogP contribution in [-0.2, 0) is 0 Å². The maximum atomic E-state index is 7.61. The summed E-state index contributed by atoms with van der Waals surface area (Å²) < 4.78 is 10.7. The summed E-state index contributed by atoms with van der Waals surface area (Å²) in [4.78, 5) is 16.1. The molecule has 154 valence electrons. The van der Waals surface area contributed by atoms with Crippen LogP contribution in [0.25, 0.3) is 44.8 Å². The van der Waals surface area contributed by atoms with E-state index in [0.29, 0.717) is 17.1 Å². The Labute approximate surface area is 177 Å². The number of amidine groups is 1. The molecule has 0 aliphatic rings. The van der Waals surface area contributed by atoms with Crippen LogP contribution in [0.15, 0.2) is 54.6 Å². The highest BCUT2D eigenvalue weighted by molar-refractivity contribution is 5.98. The van der Waals surface area contributed by atoms with E-state index >= 15 is 0 Å². The van der Waals surface area contributed by atoms with Gasteiger partial charge in [-0.25, -0.2) is 9.97 Å². The molecule has 2 aromatic heterocycles. The molecule has 0 radical (unpaired) electrons. The van der Waals surface area contributed by atoms with Crippen LogP contribution >= 0.6 is 0 Å². The number of rotatable bonds is 5. The first kappa shape index (κ1) is 18.7. The van der Waals surface area contributed by atoms with Gasteiger partial charge in [0.05, 0.1) is 36.3 Å². The Kier molecular flexibility index (Phi) is 4.32. The number of aromatic amines is 2. The van der Waals surface area contributed by atoms with E-state index in [1.165, 1.54) is 0 Å². The topological polar surface area (TPSA) is 126 Å². The molecule has 0 amide bonds. The Balaban J connectivity index is 1.56. The molecule has 0 atom stereocenters. The molecule has 0 spiro atoms. The van der Waals surface area contributed by atoms with Gasteiger partial charge in [-0.3, -0.25) is 5.41 Å². The fourth-order valence-corrected chi connectivity index (χ4v) is 3.55. The Hall–Kier alpha value is -4.33. The van der Waals surface area contributed by atoms with Crippen molar-refractivity contribution in [2.75, 3.05) is 14.2 Å². The third kappa shape index (κ3) is 3.33. The number of nitrogens with two attached hydrogens (primary N) is 1. The molecule has 0 aliphatic carbocycles. The van der Waals surface area contributed by atoms with Crippen LogP contribution in [0, 0.1) is 5.41 Å². The summed E-state index contributed by atoms with van der Waals surface area (Å²) >= 11 is 0. The van der Waals surface area contributed by atoms with E-state index in [4.69, 9.17) is 25.6 Å². The predicted molar refractivity (Wildman–Crippen MR) is 121 cm³/mol. The van der Waals surface area contributed by atoms with Crippen molar-refractivity contribution in [3.63, 3.8) is 0 Å². The third-order valence-electron chi connectivity index (χ3n) is 5.17. The van der Waals surface area contributed by atoms with Gasteiger partial charge in [0.25, 0.3) is 0 Å². The molecule has 8 heteroatoms. The number of methoxy groups -OCH3 is 2. The average molecular weight is 412 g/mol. The lowest BCUT2D eigenvalue weighted by atomic mass is 10.2. The van der Waals surface area contributed by atoms with Gasteiger partial charge >= 0.3 is 0 Å². The van der Waals surface area contributed by atoms with Gasteiger partial charge in [-0.05, 0) is 48.5 Å². The number of nitrogens with one attached hydrogen (secondary N) is 3. The molecular formula is C23H20N6O2. The Morgan fingerprint density at radius 1 is 0.774 bits per heavy atom. The molecule has 31 heavy (non-hydrogen) atoms. The van der Waals surface area contributed by atoms with Crippen LogP contribution in [0.2, 0.25) is 0 Å². The number of benzene rings is 3. The number of ether oxygens (including phenoxy) is 2. The summed E-state index contributed by atoms with van der Waals surface area (Å²) in [6.45, 7) is 0. The lowest BCUT2D eigenvalue weighted by molar-refractivity contribution is 0.394. The summed E-state index contributed by atoms with van der Waals surface area (Å²) in [6.07, 6.45) is 0. The molecule has 0 bridgehead atoms. The monoisotopic (exact) mass is 412 g/mol. The SMILES string of the molecule is COc1cc(OC)cc(-c2nc3ccc(-c4nc5ccc(C(=N)N)cc5[nH]4)cc3[nH]2)c1. The van der Waals surface area contributed by atoms with Gasteiger partial charge in [0.1, 0.15) is 29.0 Å². The number of H-pyrrole nitrogens is 2. The van der Waals surface area contributed by atoms with E-state index in [0.717, 1.165) is 44.8 Å². The quantitative estimate of drug-likeness (QED) is 0.256. The molecule has 0 saturated heterocycles. The highest BCUT2D eigenvalue weighted by Crippen LogP contribution is 2.31. The van der Waals surface area contributed by atoms with Gasteiger partial charge < -0.3 is 25.2 Å². The van der Waals surface area contributed by atoms with Crippen LogP contribution < -0.4 is 15.2 Å². The van der Waals surface area contributed by atoms with E-state index in [1.54, 1.807) is 20.3 Å². The number of fused-ring (bicyclic) bond motifs is 2. The second-order valence-electron chi connectivity index (χ2n) is 7.15. The van der Waals surface area contributed by atoms with Gasteiger partial charge in [-0.1, -0.05) is 0 Å². The maximum absolute atomic E-state index is 7.61. The molecule has 0 unspecified atom stereocenters. The summed E-state index contributed by atoms with van der Waals surface area (Å²) in [5.74, 6) is 2.88. The molecule has 8 nitrogen and oxygen atoms in total. The zero-order valence-electron chi connectivity index (χ0n) is 17.0. The number of hydrogen-bond acceptors (Lipinski definition) is 5. The maximum Gasteiger partial charge on any atom is 0.138 e. The lowest BCUT2D eigenvalue weighted by Gasteiger charge is -2.06. The van der Waals surface area contributed by atoms with Crippen molar-refractivity contribution >= 4 is 27.9 Å². The van der Waals surface area contributed by atoms with E-state index in [1.807, 2.05) is 48.5 Å². The van der Waals surface area contributed by atoms with Crippen molar-refractivity contribution in [1.82, 2.24) is 19.9 Å². The van der Waals surface area contributed by atoms with Crippen molar-refractivity contribution in [2.24, 2.45) is 5.73 Å². The van der Waals surface area contributed by atoms with Crippen LogP contribution in [0.3, 0.4) is 0 Å². The first-order valence-corrected chi connectivity index (χ1v) is 9.62. The summed E-state index contributed by atoms with van der Waals surface area (Å²) in [7, 11) is 3.24. The van der Waals surface area contributed by atoms with Gasteiger partial charge in [-0.2, -0.15) is 0 Å². The molecule has 0 aliphatic heterocycles. The molecule has 5 rings (SSSR count). The van der Waals surface area contributed by atoms with E-state index in [-0.39, 0.29) is 5.84 Å². The summed E-state index contributed by atoms with van der Waals surface area (Å²) in [6, 6.07) is 17.1. The minimum Gasteiger partial charge on any atom is -0.497 e. The number of aromatic nitrogens is 4. The predicted octanol–water partition coefficient (Wildman–Crippen LogP) is 4.07. The van der Waals surface area contributed by atoms with Gasteiger partial charge in [0.15, 0.2) is 0 Å². The van der Waals surface area contributed by atoms with Crippen LogP contribution in [-0.4, -0.2) is 40.0 Å². The number of nitrogens with zero attached hydrogens (tertiary/aromatic N) is 2. The van der Waals surface area contributed by atoms with Crippen molar-refractivity contribution in [1.29, 1.82) is 5.41 Å². The van der Waals surface area contributed by atoms with Crippen molar-refractivity contribution in [2.45, 2.75) is 0 Å². The zero-order chi connectivity index (χ0) is 21.5. The van der Waals surface area contributed by atoms with Gasteiger partial charge in [0, 0.05) is 22.8 Å². The summed E-state index contributed by atoms with van der Waals surface area (Å²) in [5, 5.41) is 7.61. The minimum atomic E-state index is 0.0265. The number of hydrogen-bond donors (Lipinski definition) is 4. The van der Waals surface area contributed by atoms with Crippen LogP contribution in [0.5, 0.6) is 11.5 Å². The first-order chi connectivity index (χ1) is 15.0. The Bertz CT molecular complexity index is 1430. The second-order valence-corrected chi connectivity index (χ2v) is 7.15. The van der Waals surface area contributed by atoms with Gasteiger partial charge in [-0.15, -0.1) is 0 Å². The first-order valence-electron chi connectivity index (χ1n) is 9.62. The van der Waals surface area contributed by atoms with E-state index in [2.05, 4.69) is 15.0 Å². The molecule has 5 N–H and O–H groups in total. The summed E-state index contributed by atoms with van der Waals surface area (Å²) in [5.41, 5.74) is 11.4. The third-order valence-corrected chi connectivity index (χ3v) is 5.17. The largest absolute Gasteiger partial charge is 0.497 e. The smallest absolute Gasteiger partial charge is 0.138 e. The average Bonchev–Trinajstić information content (AvgIpc) is 3.41. The molecule has 5 aromatic rings. The molecule has 2 heterocycles. The fourth-order valence-electron chi connectivity index (χ4n) is 3.55. The van der Waals surface area contributed by atoms with E-state index in [9.17, 15) is 0 Å². The zero-order valence-corrected chi connectivity index (χ0v) is 17.0. The normalized spacial score (nSPS) is 11.2. The highest BCUT2D eigenvalue weighted by Gasteiger charge is 2.12. The standard InChI is InChI=1S/C23H20N6O2/c1-30-15-7-14(8-16(11-15)31-2)23-27-18-6-4-13(10-20(18)29-23)22-26-17-5-3-12(21(24)25)9-19(17)28-22/h3-11H,1-2H3,(H3,24,25)(H,26,28)(H,27,29). The molecule has 0 fully saturated rings. The van der Waals surface area contributed by atoms with Crippen molar-refractivity contribution < 1.29 is 9.47 Å². The van der Waals surface area contributed by atoms with Crippen molar-refractivity contribution in [3.05, 3.63) is 60.2 Å². The Morgan fingerprint density at radius 3 is 1.97 bits per heavy atom. The molecular weight excluding hydrogens is 392 g/mol. The van der Waals surface area contributed by atoms with Crippen LogP contribution in [0.4, 0.5) is 0 Å². The van der Waals surface area contributed by atoms with E-state index < -0.39 is 0 Å². The van der Waals surface area contributed by atoms with Crippen molar-refractivity contribution in [3.8, 4) is 34.3 Å². The van der Waals surface area contributed by atoms with Crippen LogP contribution in [0.1, 0.15) is 5.56 Å². The highest BCUT2D eigenvalue weighted by atomic mass is 16.5. The Morgan fingerprint density at radius 2 is 1.35 bits per heavy atom. The number of imidazole rings is 2. The van der Waals surface area contributed by atoms with Gasteiger partial charge in [0.2, 0.25) is 0 Å². The number of nitrogen functional groups attached to an aromatic ring is 1. The molecule has 3 aromatic carbocycles. The molecule has 0 saturated carbocycles.